The zero-order chi connectivity index (χ0) is 26.8. The molecule has 3 aliphatic heterocycles. The Kier molecular flexibility index (Phi) is 5.21. The van der Waals surface area contributed by atoms with Gasteiger partial charge in [0, 0.05) is 29.6 Å². The molecule has 0 saturated carbocycles. The zero-order valence-electron chi connectivity index (χ0n) is 21.7. The molecule has 3 heterocycles. The molecular formula is C33H26N4O2S. The molecule has 2 unspecified atom stereocenters. The molecule has 5 aromatic rings. The highest BCUT2D eigenvalue weighted by Crippen LogP contribution is 2.56. The SMILES string of the molecule is O=C1N(c2cccc3ccccc23)C(=O)N2C(c3ccccc3)CN3CCSC32N1c1cccc2ccccc12. The van der Waals surface area contributed by atoms with Crippen molar-refractivity contribution in [3.05, 3.63) is 121 Å². The monoisotopic (exact) mass is 542 g/mol. The number of nitrogens with zero attached hydrogens (tertiary/aromatic N) is 4. The van der Waals surface area contributed by atoms with Crippen molar-refractivity contribution in [2.45, 2.75) is 11.2 Å². The summed E-state index contributed by atoms with van der Waals surface area (Å²) in [6.45, 7) is 1.45. The van der Waals surface area contributed by atoms with E-state index in [9.17, 15) is 9.59 Å². The highest BCUT2D eigenvalue weighted by Gasteiger charge is 2.67. The average molecular weight is 543 g/mol. The average Bonchev–Trinajstić information content (AvgIpc) is 3.54. The second kappa shape index (κ2) is 8.84. The van der Waals surface area contributed by atoms with E-state index < -0.39 is 5.12 Å². The largest absolute Gasteiger partial charge is 0.341 e. The second-order valence-corrected chi connectivity index (χ2v) is 11.6. The summed E-state index contributed by atoms with van der Waals surface area (Å²) in [4.78, 5) is 37.3. The van der Waals surface area contributed by atoms with Gasteiger partial charge in [0.2, 0.25) is 5.12 Å². The van der Waals surface area contributed by atoms with Crippen LogP contribution in [0.25, 0.3) is 21.5 Å². The fraction of sp³-hybridized carbons (Fsp3) is 0.152. The van der Waals surface area contributed by atoms with Crippen molar-refractivity contribution in [3.8, 4) is 0 Å². The summed E-state index contributed by atoms with van der Waals surface area (Å²) in [6.07, 6.45) is 0. The number of hydrogen-bond donors (Lipinski definition) is 0. The van der Waals surface area contributed by atoms with Crippen LogP contribution in [0.1, 0.15) is 11.6 Å². The fourth-order valence-electron chi connectivity index (χ4n) is 6.64. The van der Waals surface area contributed by atoms with E-state index in [2.05, 4.69) is 35.2 Å². The number of thioether (sulfide) groups is 1. The minimum absolute atomic E-state index is 0.204. The lowest BCUT2D eigenvalue weighted by Crippen LogP contribution is -2.73. The molecule has 0 aromatic heterocycles. The summed E-state index contributed by atoms with van der Waals surface area (Å²) in [6, 6.07) is 37.3. The molecule has 5 aromatic carbocycles. The van der Waals surface area contributed by atoms with Crippen LogP contribution in [0, 0.1) is 0 Å². The third-order valence-corrected chi connectivity index (χ3v) is 9.77. The quantitative estimate of drug-likeness (QED) is 0.240. The van der Waals surface area contributed by atoms with Gasteiger partial charge in [-0.1, -0.05) is 115 Å². The first-order valence-electron chi connectivity index (χ1n) is 13.6. The van der Waals surface area contributed by atoms with Gasteiger partial charge in [-0.05, 0) is 28.5 Å². The molecule has 0 N–H and O–H groups in total. The van der Waals surface area contributed by atoms with Gasteiger partial charge in [-0.25, -0.2) is 19.4 Å². The molecule has 0 radical (unpaired) electrons. The predicted molar refractivity (Wildman–Crippen MR) is 161 cm³/mol. The Morgan fingerprint density at radius 2 is 1.25 bits per heavy atom. The fourth-order valence-corrected chi connectivity index (χ4v) is 8.23. The molecule has 3 saturated heterocycles. The predicted octanol–water partition coefficient (Wildman–Crippen LogP) is 7.28. The van der Waals surface area contributed by atoms with Crippen LogP contribution in [0.3, 0.4) is 0 Å². The lowest BCUT2D eigenvalue weighted by Gasteiger charge is -2.53. The Labute approximate surface area is 236 Å². The summed E-state index contributed by atoms with van der Waals surface area (Å²) < 4.78 is 0. The van der Waals surface area contributed by atoms with Crippen molar-refractivity contribution in [1.82, 2.24) is 9.80 Å². The Balaban J connectivity index is 1.41. The van der Waals surface area contributed by atoms with Crippen molar-refractivity contribution in [3.63, 3.8) is 0 Å². The first-order valence-corrected chi connectivity index (χ1v) is 14.5. The van der Waals surface area contributed by atoms with Crippen LogP contribution in [0.4, 0.5) is 21.0 Å². The summed E-state index contributed by atoms with van der Waals surface area (Å²) in [5.74, 6) is 0.827. The first-order chi connectivity index (χ1) is 19.7. The lowest BCUT2D eigenvalue weighted by molar-refractivity contribution is 0.112. The van der Waals surface area contributed by atoms with E-state index in [1.165, 1.54) is 4.90 Å². The van der Waals surface area contributed by atoms with Gasteiger partial charge in [-0.2, -0.15) is 0 Å². The van der Waals surface area contributed by atoms with Crippen molar-refractivity contribution >= 4 is 56.7 Å². The molecule has 8 rings (SSSR count). The molecule has 3 fully saturated rings. The molecule has 1 spiro atoms. The Bertz CT molecular complexity index is 1800. The van der Waals surface area contributed by atoms with Gasteiger partial charge in [-0.15, -0.1) is 0 Å². The topological polar surface area (TPSA) is 47.1 Å². The number of carbonyl (C=O) groups excluding carboxylic acids is 2. The van der Waals surface area contributed by atoms with Crippen LogP contribution in [0.5, 0.6) is 0 Å². The molecule has 196 valence electrons. The zero-order valence-corrected chi connectivity index (χ0v) is 22.5. The number of fused-ring (bicyclic) bond motifs is 2. The Hall–Kier alpha value is -4.33. The minimum atomic E-state index is -0.958. The van der Waals surface area contributed by atoms with Crippen LogP contribution in [0.2, 0.25) is 0 Å². The maximum atomic E-state index is 14.9. The number of carbonyl (C=O) groups is 2. The lowest BCUT2D eigenvalue weighted by atomic mass is 10.1. The van der Waals surface area contributed by atoms with Crippen molar-refractivity contribution < 1.29 is 9.59 Å². The summed E-state index contributed by atoms with van der Waals surface area (Å²) >= 11 is 1.67. The van der Waals surface area contributed by atoms with Gasteiger partial charge in [0.1, 0.15) is 0 Å². The third kappa shape index (κ3) is 3.16. The number of imide groups is 1. The number of rotatable bonds is 3. The van der Waals surface area contributed by atoms with E-state index in [0.717, 1.165) is 45.1 Å². The van der Waals surface area contributed by atoms with Crippen molar-refractivity contribution in [2.24, 2.45) is 0 Å². The van der Waals surface area contributed by atoms with Crippen LogP contribution in [-0.2, 0) is 0 Å². The molecule has 2 atom stereocenters. The number of urea groups is 2. The van der Waals surface area contributed by atoms with Gasteiger partial charge in [0.05, 0.1) is 17.4 Å². The molecular weight excluding hydrogens is 516 g/mol. The van der Waals surface area contributed by atoms with Crippen LogP contribution < -0.4 is 9.80 Å². The molecule has 6 nitrogen and oxygen atoms in total. The van der Waals surface area contributed by atoms with Gasteiger partial charge in [0.15, 0.2) is 0 Å². The molecule has 7 heteroatoms. The maximum absolute atomic E-state index is 14.9. The first kappa shape index (κ1) is 23.5. The Morgan fingerprint density at radius 1 is 0.650 bits per heavy atom. The number of benzene rings is 5. The van der Waals surface area contributed by atoms with Crippen molar-refractivity contribution in [2.75, 3.05) is 28.6 Å². The second-order valence-electron chi connectivity index (χ2n) is 10.4. The van der Waals surface area contributed by atoms with E-state index in [-0.39, 0.29) is 18.1 Å². The Morgan fingerprint density at radius 3 is 1.98 bits per heavy atom. The van der Waals surface area contributed by atoms with E-state index in [4.69, 9.17) is 0 Å². The number of hydrogen-bond acceptors (Lipinski definition) is 4. The van der Waals surface area contributed by atoms with Gasteiger partial charge < -0.3 is 0 Å². The standard InChI is InChI=1S/C33H26N4O2S/c38-31-35(28-18-8-14-23-10-4-6-16-26(23)28)32(39)37-30(25-12-2-1-3-13-25)22-34-20-21-40-33(34,37)36(31)29-19-9-15-24-11-5-7-17-27(24)29/h1-19,30H,20-22H2. The van der Waals surface area contributed by atoms with E-state index in [1.807, 2.05) is 94.7 Å². The third-order valence-electron chi connectivity index (χ3n) is 8.36. The highest BCUT2D eigenvalue weighted by atomic mass is 32.2. The molecule has 3 aliphatic rings. The molecule has 0 aliphatic carbocycles. The van der Waals surface area contributed by atoms with Gasteiger partial charge in [0.25, 0.3) is 0 Å². The number of anilines is 2. The summed E-state index contributed by atoms with van der Waals surface area (Å²) in [7, 11) is 0. The molecule has 4 amide bonds. The minimum Gasteiger partial charge on any atom is -0.270 e. The van der Waals surface area contributed by atoms with E-state index >= 15 is 0 Å². The van der Waals surface area contributed by atoms with Crippen LogP contribution in [0.15, 0.2) is 115 Å². The number of amides is 4. The summed E-state index contributed by atoms with van der Waals surface area (Å²) in [5, 5.41) is 2.93. The molecule has 40 heavy (non-hydrogen) atoms. The smallest absolute Gasteiger partial charge is 0.270 e. The summed E-state index contributed by atoms with van der Waals surface area (Å²) in [5.41, 5.74) is 2.47. The van der Waals surface area contributed by atoms with E-state index in [0.29, 0.717) is 12.2 Å². The maximum Gasteiger partial charge on any atom is 0.341 e. The molecule has 0 bridgehead atoms. The van der Waals surface area contributed by atoms with Crippen molar-refractivity contribution in [1.29, 1.82) is 0 Å². The van der Waals surface area contributed by atoms with Gasteiger partial charge in [-0.3, -0.25) is 9.80 Å². The van der Waals surface area contributed by atoms with Crippen LogP contribution >= 0.6 is 11.8 Å². The van der Waals surface area contributed by atoms with E-state index in [1.54, 1.807) is 11.8 Å². The van der Waals surface area contributed by atoms with Gasteiger partial charge >= 0.3 is 12.1 Å². The normalized spacial score (nSPS) is 22.8. The van der Waals surface area contributed by atoms with Crippen LogP contribution in [-0.4, -0.2) is 45.8 Å². The highest BCUT2D eigenvalue weighted by molar-refractivity contribution is 8.01.